The molecule has 106 valence electrons. The number of hydrogen-bond donors (Lipinski definition) is 1. The van der Waals surface area contributed by atoms with E-state index in [0.717, 1.165) is 19.3 Å². The smallest absolute Gasteiger partial charge is 0.0522 e. The van der Waals surface area contributed by atoms with Gasteiger partial charge in [-0.3, -0.25) is 4.68 Å². The minimum absolute atomic E-state index is 0.0473. The zero-order chi connectivity index (χ0) is 14.0. The van der Waals surface area contributed by atoms with E-state index >= 15 is 0 Å². The fourth-order valence-electron chi connectivity index (χ4n) is 3.40. The summed E-state index contributed by atoms with van der Waals surface area (Å²) >= 11 is 0. The maximum Gasteiger partial charge on any atom is 0.0522 e. The average molecular weight is 269 g/mol. The van der Waals surface area contributed by atoms with Gasteiger partial charge in [0.25, 0.3) is 0 Å². The summed E-state index contributed by atoms with van der Waals surface area (Å²) in [5.41, 5.74) is 9.28. The highest BCUT2D eigenvalue weighted by Crippen LogP contribution is 2.38. The lowest BCUT2D eigenvalue weighted by molar-refractivity contribution is 0.271. The Balaban J connectivity index is 1.62. The minimum atomic E-state index is -0.0473. The van der Waals surface area contributed by atoms with E-state index in [-0.39, 0.29) is 5.54 Å². The molecule has 0 atom stereocenters. The van der Waals surface area contributed by atoms with Crippen LogP contribution >= 0.6 is 0 Å². The first-order valence-electron chi connectivity index (χ1n) is 7.46. The molecule has 1 fully saturated rings. The molecule has 0 aliphatic heterocycles. The lowest BCUT2D eigenvalue weighted by Crippen LogP contribution is -2.44. The zero-order valence-corrected chi connectivity index (χ0v) is 12.1. The summed E-state index contributed by atoms with van der Waals surface area (Å²) in [6.07, 6.45) is 9.56. The van der Waals surface area contributed by atoms with Crippen LogP contribution in [0.1, 0.15) is 42.7 Å². The number of rotatable bonds is 3. The number of aromatic nitrogens is 2. The molecule has 1 aromatic carbocycles. The van der Waals surface area contributed by atoms with E-state index in [1.807, 2.05) is 17.9 Å². The maximum absolute atomic E-state index is 6.60. The molecule has 20 heavy (non-hydrogen) atoms. The molecule has 2 aromatic rings. The van der Waals surface area contributed by atoms with E-state index < -0.39 is 0 Å². The Bertz CT molecular complexity index is 551. The first-order valence-corrected chi connectivity index (χ1v) is 7.46. The lowest BCUT2D eigenvalue weighted by atomic mass is 9.72. The third kappa shape index (κ3) is 2.93. The van der Waals surface area contributed by atoms with Crippen LogP contribution in [0.5, 0.6) is 0 Å². The third-order valence-corrected chi connectivity index (χ3v) is 4.57. The topological polar surface area (TPSA) is 43.8 Å². The van der Waals surface area contributed by atoms with Crippen LogP contribution in [-0.2, 0) is 13.5 Å². The number of benzene rings is 1. The van der Waals surface area contributed by atoms with Gasteiger partial charge in [0, 0.05) is 18.8 Å². The molecule has 0 unspecified atom stereocenters. The van der Waals surface area contributed by atoms with Gasteiger partial charge in [0.05, 0.1) is 6.20 Å². The van der Waals surface area contributed by atoms with Gasteiger partial charge in [-0.1, -0.05) is 30.3 Å². The largest absolute Gasteiger partial charge is 0.325 e. The van der Waals surface area contributed by atoms with Gasteiger partial charge in [-0.15, -0.1) is 0 Å². The minimum Gasteiger partial charge on any atom is -0.325 e. The monoisotopic (exact) mass is 269 g/mol. The highest BCUT2D eigenvalue weighted by molar-refractivity contribution is 5.21. The van der Waals surface area contributed by atoms with Crippen LogP contribution in [0.4, 0.5) is 0 Å². The summed E-state index contributed by atoms with van der Waals surface area (Å²) in [5, 5.41) is 4.24. The Hall–Kier alpha value is -1.61. The number of aryl methyl sites for hydroxylation is 1. The summed E-state index contributed by atoms with van der Waals surface area (Å²) < 4.78 is 1.86. The van der Waals surface area contributed by atoms with Gasteiger partial charge < -0.3 is 5.73 Å². The van der Waals surface area contributed by atoms with E-state index in [1.165, 1.54) is 24.0 Å². The second kappa shape index (κ2) is 5.41. The predicted molar refractivity (Wildman–Crippen MR) is 81.5 cm³/mol. The van der Waals surface area contributed by atoms with E-state index in [0.29, 0.717) is 5.92 Å². The van der Waals surface area contributed by atoms with Crippen LogP contribution < -0.4 is 5.73 Å². The van der Waals surface area contributed by atoms with Crippen molar-refractivity contribution in [3.05, 3.63) is 53.9 Å². The summed E-state index contributed by atoms with van der Waals surface area (Å²) in [6.45, 7) is 0. The first kappa shape index (κ1) is 13.4. The van der Waals surface area contributed by atoms with Crippen LogP contribution in [0, 0.1) is 0 Å². The van der Waals surface area contributed by atoms with Crippen molar-refractivity contribution in [3.63, 3.8) is 0 Å². The second-order valence-corrected chi connectivity index (χ2v) is 6.25. The molecule has 0 bridgehead atoms. The normalized spacial score (nSPS) is 26.6. The molecule has 2 N–H and O–H groups in total. The first-order chi connectivity index (χ1) is 9.65. The Morgan fingerprint density at radius 2 is 1.95 bits per heavy atom. The molecular formula is C17H23N3. The van der Waals surface area contributed by atoms with Crippen molar-refractivity contribution in [1.82, 2.24) is 9.78 Å². The van der Waals surface area contributed by atoms with Crippen LogP contribution in [0.25, 0.3) is 0 Å². The van der Waals surface area contributed by atoms with Gasteiger partial charge in [0.2, 0.25) is 0 Å². The Morgan fingerprint density at radius 3 is 2.55 bits per heavy atom. The SMILES string of the molecule is Cn1cc(CC2(N)CCC(c3ccccc3)CC2)cn1. The molecule has 1 heterocycles. The van der Waals surface area contributed by atoms with Gasteiger partial charge in [-0.25, -0.2) is 0 Å². The fraction of sp³-hybridized carbons (Fsp3) is 0.471. The van der Waals surface area contributed by atoms with Gasteiger partial charge in [0.15, 0.2) is 0 Å². The molecule has 3 nitrogen and oxygen atoms in total. The van der Waals surface area contributed by atoms with Gasteiger partial charge in [-0.05, 0) is 49.1 Å². The van der Waals surface area contributed by atoms with Gasteiger partial charge in [-0.2, -0.15) is 5.10 Å². The number of nitrogens with zero attached hydrogens (tertiary/aromatic N) is 2. The van der Waals surface area contributed by atoms with E-state index in [9.17, 15) is 0 Å². The highest BCUT2D eigenvalue weighted by Gasteiger charge is 2.32. The van der Waals surface area contributed by atoms with Crippen LogP contribution in [0.2, 0.25) is 0 Å². The highest BCUT2D eigenvalue weighted by atomic mass is 15.2. The molecule has 3 rings (SSSR count). The summed E-state index contributed by atoms with van der Waals surface area (Å²) in [7, 11) is 1.96. The molecule has 3 heteroatoms. The van der Waals surface area contributed by atoms with Crippen molar-refractivity contribution >= 4 is 0 Å². The fourth-order valence-corrected chi connectivity index (χ4v) is 3.40. The average Bonchev–Trinajstić information content (AvgIpc) is 2.85. The molecule has 1 aromatic heterocycles. The van der Waals surface area contributed by atoms with E-state index in [2.05, 4.69) is 41.6 Å². The van der Waals surface area contributed by atoms with Crippen molar-refractivity contribution in [1.29, 1.82) is 0 Å². The summed E-state index contributed by atoms with van der Waals surface area (Å²) in [4.78, 5) is 0. The van der Waals surface area contributed by atoms with E-state index in [1.54, 1.807) is 0 Å². The maximum atomic E-state index is 6.60. The summed E-state index contributed by atoms with van der Waals surface area (Å²) in [5.74, 6) is 0.682. The Labute approximate surface area is 120 Å². The lowest BCUT2D eigenvalue weighted by Gasteiger charge is -2.37. The molecule has 0 spiro atoms. The van der Waals surface area contributed by atoms with Crippen LogP contribution in [-0.4, -0.2) is 15.3 Å². The molecule has 1 saturated carbocycles. The van der Waals surface area contributed by atoms with Crippen LogP contribution in [0.15, 0.2) is 42.7 Å². The Morgan fingerprint density at radius 1 is 1.25 bits per heavy atom. The van der Waals surface area contributed by atoms with Crippen molar-refractivity contribution in [2.24, 2.45) is 12.8 Å². The quantitative estimate of drug-likeness (QED) is 0.931. The molecule has 0 amide bonds. The molecular weight excluding hydrogens is 246 g/mol. The summed E-state index contributed by atoms with van der Waals surface area (Å²) in [6, 6.07) is 10.8. The zero-order valence-electron chi connectivity index (χ0n) is 12.1. The molecule has 0 radical (unpaired) electrons. The van der Waals surface area contributed by atoms with Gasteiger partial charge >= 0.3 is 0 Å². The van der Waals surface area contributed by atoms with Crippen molar-refractivity contribution < 1.29 is 0 Å². The number of hydrogen-bond acceptors (Lipinski definition) is 2. The number of nitrogens with two attached hydrogens (primary N) is 1. The van der Waals surface area contributed by atoms with Crippen LogP contribution in [0.3, 0.4) is 0 Å². The Kier molecular flexibility index (Phi) is 3.62. The third-order valence-electron chi connectivity index (χ3n) is 4.57. The molecule has 1 aliphatic carbocycles. The van der Waals surface area contributed by atoms with Gasteiger partial charge in [0.1, 0.15) is 0 Å². The molecule has 1 aliphatic rings. The van der Waals surface area contributed by atoms with Crippen molar-refractivity contribution in [2.75, 3.05) is 0 Å². The van der Waals surface area contributed by atoms with E-state index in [4.69, 9.17) is 5.73 Å². The van der Waals surface area contributed by atoms with Crippen molar-refractivity contribution in [3.8, 4) is 0 Å². The standard InChI is InChI=1S/C17H23N3/c1-20-13-14(12-19-20)11-17(18)9-7-16(8-10-17)15-5-3-2-4-6-15/h2-6,12-13,16H,7-11,18H2,1H3. The predicted octanol–water partition coefficient (Wildman–Crippen LogP) is 3.02. The van der Waals surface area contributed by atoms with Crippen molar-refractivity contribution in [2.45, 2.75) is 43.6 Å². The molecule has 0 saturated heterocycles. The second-order valence-electron chi connectivity index (χ2n) is 6.25.